The maximum Gasteiger partial charge on any atom is 0.118 e. The molecule has 0 saturated carbocycles. The molecule has 0 bridgehead atoms. The molecular weight excluding hydrogens is 356 g/mol. The summed E-state index contributed by atoms with van der Waals surface area (Å²) in [6.07, 6.45) is 4.37. The first-order chi connectivity index (χ1) is 13.1. The third-order valence-corrected chi connectivity index (χ3v) is 5.76. The van der Waals surface area contributed by atoms with Crippen LogP contribution in [0, 0.1) is 0 Å². The molecule has 0 radical (unpaired) electrons. The van der Waals surface area contributed by atoms with Crippen molar-refractivity contribution in [3.63, 3.8) is 0 Å². The first-order valence-electron chi connectivity index (χ1n) is 9.39. The van der Waals surface area contributed by atoms with E-state index >= 15 is 0 Å². The zero-order valence-electron chi connectivity index (χ0n) is 16.1. The summed E-state index contributed by atoms with van der Waals surface area (Å²) in [7, 11) is 3.89. The average Bonchev–Trinajstić information content (AvgIpc) is 2.82. The van der Waals surface area contributed by atoms with E-state index in [0.717, 1.165) is 36.7 Å². The Balaban J connectivity index is 1.85. The van der Waals surface area contributed by atoms with Gasteiger partial charge in [0.1, 0.15) is 5.75 Å². The van der Waals surface area contributed by atoms with Gasteiger partial charge in [-0.15, -0.1) is 0 Å². The molecule has 140 valence electrons. The summed E-state index contributed by atoms with van der Waals surface area (Å²) in [5.41, 5.74) is 6.51. The fourth-order valence-corrected chi connectivity index (χ4v) is 4.11. The van der Waals surface area contributed by atoms with Crippen LogP contribution in [0.4, 0.5) is 0 Å². The number of allylic oxidation sites excluding steroid dienone is 1. The van der Waals surface area contributed by atoms with Gasteiger partial charge in [-0.3, -0.25) is 0 Å². The van der Waals surface area contributed by atoms with Crippen molar-refractivity contribution in [2.75, 3.05) is 27.2 Å². The van der Waals surface area contributed by atoms with Crippen LogP contribution in [0.2, 0.25) is 5.02 Å². The zero-order valence-corrected chi connectivity index (χ0v) is 16.9. The van der Waals surface area contributed by atoms with Crippen molar-refractivity contribution in [1.29, 1.82) is 0 Å². The van der Waals surface area contributed by atoms with E-state index in [1.807, 2.05) is 18.2 Å². The van der Waals surface area contributed by atoms with Crippen molar-refractivity contribution in [1.82, 2.24) is 9.47 Å². The van der Waals surface area contributed by atoms with Crippen molar-refractivity contribution in [3.8, 4) is 5.75 Å². The van der Waals surface area contributed by atoms with Gasteiger partial charge >= 0.3 is 0 Å². The molecule has 0 amide bonds. The van der Waals surface area contributed by atoms with Crippen molar-refractivity contribution in [2.24, 2.45) is 0 Å². The maximum absolute atomic E-state index is 6.32. The van der Waals surface area contributed by atoms with Crippen LogP contribution in [0.15, 0.2) is 42.5 Å². The van der Waals surface area contributed by atoms with Crippen LogP contribution in [0.25, 0.3) is 22.7 Å². The van der Waals surface area contributed by atoms with Gasteiger partial charge in [-0.05, 0) is 67.4 Å². The van der Waals surface area contributed by atoms with Gasteiger partial charge in [0.15, 0.2) is 0 Å². The largest absolute Gasteiger partial charge is 0.497 e. The van der Waals surface area contributed by atoms with E-state index in [9.17, 15) is 0 Å². The number of fused-ring (bicyclic) bond motifs is 3. The molecule has 0 spiro atoms. The number of hydrogen-bond acceptors (Lipinski definition) is 2. The fourth-order valence-electron chi connectivity index (χ4n) is 3.94. The van der Waals surface area contributed by atoms with Gasteiger partial charge in [0, 0.05) is 41.8 Å². The van der Waals surface area contributed by atoms with E-state index in [0.29, 0.717) is 0 Å². The van der Waals surface area contributed by atoms with Crippen LogP contribution in [0.5, 0.6) is 5.75 Å². The molecular formula is C23H25ClN2O. The minimum atomic E-state index is 0.802. The Morgan fingerprint density at radius 3 is 2.56 bits per heavy atom. The highest BCUT2D eigenvalue weighted by Gasteiger charge is 2.20. The van der Waals surface area contributed by atoms with Gasteiger partial charge in [-0.1, -0.05) is 23.7 Å². The highest BCUT2D eigenvalue weighted by Crippen LogP contribution is 2.32. The number of hydrogen-bond donors (Lipinski definition) is 0. The maximum atomic E-state index is 6.32. The topological polar surface area (TPSA) is 17.4 Å². The second-order valence-corrected chi connectivity index (χ2v) is 7.74. The molecule has 0 atom stereocenters. The first kappa shape index (κ1) is 18.1. The average molecular weight is 381 g/mol. The summed E-state index contributed by atoms with van der Waals surface area (Å²) in [5.74, 6) is 0.879. The second-order valence-electron chi connectivity index (χ2n) is 7.30. The number of likely N-dealkylation sites (N-methyl/N-ethyl adjacent to an activating group) is 1. The smallest absolute Gasteiger partial charge is 0.118 e. The number of nitrogens with zero attached hydrogens (tertiary/aromatic N) is 2. The van der Waals surface area contributed by atoms with Crippen LogP contribution in [0.1, 0.15) is 23.7 Å². The second kappa shape index (κ2) is 7.41. The summed E-state index contributed by atoms with van der Waals surface area (Å²) in [6.45, 7) is 4.32. The van der Waals surface area contributed by atoms with E-state index in [2.05, 4.69) is 53.9 Å². The van der Waals surface area contributed by atoms with E-state index in [1.54, 1.807) is 7.11 Å². The molecule has 0 N–H and O–H groups in total. The van der Waals surface area contributed by atoms with Gasteiger partial charge < -0.3 is 14.2 Å². The number of aromatic nitrogens is 1. The van der Waals surface area contributed by atoms with Gasteiger partial charge in [-0.2, -0.15) is 0 Å². The Labute approximate surface area is 165 Å². The van der Waals surface area contributed by atoms with Crippen LogP contribution in [0.3, 0.4) is 0 Å². The summed E-state index contributed by atoms with van der Waals surface area (Å²) in [5, 5.41) is 2.09. The molecule has 0 unspecified atom stereocenters. The number of rotatable bonds is 3. The molecule has 3 nitrogen and oxygen atoms in total. The predicted molar refractivity (Wildman–Crippen MR) is 115 cm³/mol. The Morgan fingerprint density at radius 2 is 1.81 bits per heavy atom. The molecule has 2 heterocycles. The molecule has 1 aromatic heterocycles. The van der Waals surface area contributed by atoms with Gasteiger partial charge in [-0.25, -0.2) is 0 Å². The quantitative estimate of drug-likeness (QED) is 0.609. The van der Waals surface area contributed by atoms with E-state index in [1.165, 1.54) is 33.3 Å². The van der Waals surface area contributed by atoms with Crippen LogP contribution < -0.4 is 4.74 Å². The lowest BCUT2D eigenvalue weighted by atomic mass is 10.1. The number of ether oxygens (including phenoxy) is 1. The summed E-state index contributed by atoms with van der Waals surface area (Å²) >= 11 is 6.32. The lowest BCUT2D eigenvalue weighted by Crippen LogP contribution is -2.21. The lowest BCUT2D eigenvalue weighted by Gasteiger charge is -2.13. The Hall–Kier alpha value is -2.23. The van der Waals surface area contributed by atoms with E-state index in [-0.39, 0.29) is 0 Å². The van der Waals surface area contributed by atoms with Gasteiger partial charge in [0.05, 0.1) is 12.6 Å². The fraction of sp³-hybridized carbons (Fsp3) is 0.304. The zero-order chi connectivity index (χ0) is 19.0. The Morgan fingerprint density at radius 1 is 1.07 bits per heavy atom. The highest BCUT2D eigenvalue weighted by molar-refractivity contribution is 6.31. The molecule has 0 aliphatic carbocycles. The molecule has 0 fully saturated rings. The van der Waals surface area contributed by atoms with Crippen molar-refractivity contribution >= 4 is 34.3 Å². The Bertz CT molecular complexity index is 1000. The van der Waals surface area contributed by atoms with Crippen LogP contribution in [-0.2, 0) is 12.8 Å². The number of benzene rings is 2. The molecule has 1 aliphatic rings. The monoisotopic (exact) mass is 380 g/mol. The standard InChI is InChI=1S/C23H25ClN2O/c1-16(17-4-7-19(27-3)8-5-17)15-26-22-9-6-18(24)14-21(22)20-10-12-25(2)13-11-23(20)26/h4-9,14-15H,10-13H2,1-3H3/b16-15-. The molecule has 4 heteroatoms. The highest BCUT2D eigenvalue weighted by atomic mass is 35.5. The van der Waals surface area contributed by atoms with Crippen LogP contribution >= 0.6 is 11.6 Å². The lowest BCUT2D eigenvalue weighted by molar-refractivity contribution is 0.351. The summed E-state index contributed by atoms with van der Waals surface area (Å²) in [6, 6.07) is 14.5. The normalized spacial score (nSPS) is 15.6. The van der Waals surface area contributed by atoms with E-state index in [4.69, 9.17) is 16.3 Å². The number of methoxy groups -OCH3 is 1. The van der Waals surface area contributed by atoms with Gasteiger partial charge in [0.2, 0.25) is 0 Å². The molecule has 1 aliphatic heterocycles. The SMILES string of the molecule is COc1ccc(/C(C)=C\n2c3c(c4cc(Cl)ccc42)CCN(C)CC3)cc1. The summed E-state index contributed by atoms with van der Waals surface area (Å²) < 4.78 is 7.65. The predicted octanol–water partition coefficient (Wildman–Crippen LogP) is 5.35. The molecule has 0 saturated heterocycles. The third-order valence-electron chi connectivity index (χ3n) is 5.52. The van der Waals surface area contributed by atoms with Gasteiger partial charge in [0.25, 0.3) is 0 Å². The van der Waals surface area contributed by atoms with Crippen molar-refractivity contribution in [3.05, 3.63) is 64.3 Å². The van der Waals surface area contributed by atoms with Crippen molar-refractivity contribution in [2.45, 2.75) is 19.8 Å². The van der Waals surface area contributed by atoms with E-state index < -0.39 is 0 Å². The van der Waals surface area contributed by atoms with Crippen LogP contribution in [-0.4, -0.2) is 36.7 Å². The molecule has 27 heavy (non-hydrogen) atoms. The summed E-state index contributed by atoms with van der Waals surface area (Å²) in [4.78, 5) is 2.40. The third kappa shape index (κ3) is 3.50. The minimum Gasteiger partial charge on any atom is -0.497 e. The molecule has 4 rings (SSSR count). The molecule has 3 aromatic rings. The molecule has 2 aromatic carbocycles. The van der Waals surface area contributed by atoms with Crippen molar-refractivity contribution < 1.29 is 4.74 Å². The minimum absolute atomic E-state index is 0.802. The first-order valence-corrected chi connectivity index (χ1v) is 9.77. The Kier molecular flexibility index (Phi) is 4.98. The number of halogens is 1.